The lowest BCUT2D eigenvalue weighted by Gasteiger charge is -2.27. The minimum Gasteiger partial charge on any atom is -0.480 e. The summed E-state index contributed by atoms with van der Waals surface area (Å²) in [6.45, 7) is 2.08. The molecule has 18 heavy (non-hydrogen) atoms. The molecule has 5 heteroatoms. The Bertz CT molecular complexity index is 461. The van der Waals surface area contributed by atoms with Crippen molar-refractivity contribution in [2.24, 2.45) is 0 Å². The van der Waals surface area contributed by atoms with Crippen LogP contribution >= 0.6 is 0 Å². The number of amides is 2. The number of rotatable bonds is 3. The number of urea groups is 1. The van der Waals surface area contributed by atoms with E-state index in [4.69, 9.17) is 0 Å². The van der Waals surface area contributed by atoms with E-state index in [0.29, 0.717) is 0 Å². The van der Waals surface area contributed by atoms with Gasteiger partial charge in [0.2, 0.25) is 0 Å². The maximum atomic E-state index is 12.0. The van der Waals surface area contributed by atoms with E-state index in [9.17, 15) is 14.7 Å². The van der Waals surface area contributed by atoms with Crippen LogP contribution in [0.4, 0.5) is 4.79 Å². The van der Waals surface area contributed by atoms with Gasteiger partial charge < -0.3 is 14.9 Å². The minimum absolute atomic E-state index is 0.228. The highest BCUT2D eigenvalue weighted by Crippen LogP contribution is 2.27. The largest absolute Gasteiger partial charge is 0.480 e. The first-order valence-corrected chi connectivity index (χ1v) is 5.83. The molecule has 0 aliphatic carbocycles. The normalized spacial score (nSPS) is 21.2. The number of carbonyl (C=O) groups is 2. The zero-order valence-electron chi connectivity index (χ0n) is 10.4. The molecule has 1 N–H and O–H groups in total. The third kappa shape index (κ3) is 2.03. The van der Waals surface area contributed by atoms with E-state index in [2.05, 4.69) is 0 Å². The summed E-state index contributed by atoms with van der Waals surface area (Å²) in [5.41, 5.74) is 0.937. The fourth-order valence-electron chi connectivity index (χ4n) is 2.28. The molecule has 1 aliphatic rings. The Kier molecular flexibility index (Phi) is 3.23. The minimum atomic E-state index is -0.963. The van der Waals surface area contributed by atoms with Crippen LogP contribution in [0.25, 0.3) is 0 Å². The summed E-state index contributed by atoms with van der Waals surface area (Å²) in [5.74, 6) is -0.963. The monoisotopic (exact) mass is 248 g/mol. The highest BCUT2D eigenvalue weighted by Gasteiger charge is 2.42. The molecule has 0 bridgehead atoms. The topological polar surface area (TPSA) is 60.9 Å². The second kappa shape index (κ2) is 4.68. The second-order valence-corrected chi connectivity index (χ2v) is 4.51. The number of aliphatic carboxylic acids is 1. The Hall–Kier alpha value is -2.04. The van der Waals surface area contributed by atoms with Gasteiger partial charge in [0.25, 0.3) is 0 Å². The molecule has 2 atom stereocenters. The molecule has 1 heterocycles. The van der Waals surface area contributed by atoms with E-state index in [-0.39, 0.29) is 18.6 Å². The van der Waals surface area contributed by atoms with Gasteiger partial charge in [0, 0.05) is 7.05 Å². The van der Waals surface area contributed by atoms with Crippen LogP contribution in [0.3, 0.4) is 0 Å². The lowest BCUT2D eigenvalue weighted by Crippen LogP contribution is -2.41. The summed E-state index contributed by atoms with van der Waals surface area (Å²) in [4.78, 5) is 26.1. The molecule has 2 rings (SSSR count). The fourth-order valence-corrected chi connectivity index (χ4v) is 2.28. The molecule has 96 valence electrons. The van der Waals surface area contributed by atoms with E-state index in [0.717, 1.165) is 5.56 Å². The quantitative estimate of drug-likeness (QED) is 0.883. The van der Waals surface area contributed by atoms with Crippen LogP contribution < -0.4 is 0 Å². The number of hydrogen-bond acceptors (Lipinski definition) is 2. The standard InChI is InChI=1S/C13H16N2O3/c1-9(10-6-4-3-5-7-10)15-11(12(16)17)8-14(2)13(15)18/h3-7,9,11H,8H2,1-2H3,(H,16,17). The van der Waals surface area contributed by atoms with Gasteiger partial charge >= 0.3 is 12.0 Å². The van der Waals surface area contributed by atoms with Crippen molar-refractivity contribution in [3.63, 3.8) is 0 Å². The third-order valence-electron chi connectivity index (χ3n) is 3.31. The van der Waals surface area contributed by atoms with Crippen LogP contribution in [0.2, 0.25) is 0 Å². The second-order valence-electron chi connectivity index (χ2n) is 4.51. The molecule has 2 unspecified atom stereocenters. The average Bonchev–Trinajstić information content (AvgIpc) is 2.66. The first-order valence-electron chi connectivity index (χ1n) is 5.83. The van der Waals surface area contributed by atoms with Crippen LogP contribution in [-0.2, 0) is 4.79 Å². The molecular weight excluding hydrogens is 232 g/mol. The number of benzene rings is 1. The van der Waals surface area contributed by atoms with Crippen LogP contribution in [0.5, 0.6) is 0 Å². The number of carboxylic acid groups (broad SMARTS) is 1. The molecule has 0 saturated carbocycles. The van der Waals surface area contributed by atoms with Crippen LogP contribution in [0.15, 0.2) is 30.3 Å². The fraction of sp³-hybridized carbons (Fsp3) is 0.385. The zero-order chi connectivity index (χ0) is 13.3. The van der Waals surface area contributed by atoms with Gasteiger partial charge in [-0.1, -0.05) is 30.3 Å². The van der Waals surface area contributed by atoms with Gasteiger partial charge in [0.05, 0.1) is 12.6 Å². The lowest BCUT2D eigenvalue weighted by atomic mass is 10.1. The predicted octanol–water partition coefficient (Wildman–Crippen LogP) is 1.57. The van der Waals surface area contributed by atoms with E-state index in [1.54, 1.807) is 7.05 Å². The van der Waals surface area contributed by atoms with E-state index < -0.39 is 12.0 Å². The van der Waals surface area contributed by atoms with Crippen molar-refractivity contribution in [3.8, 4) is 0 Å². The molecule has 1 aromatic rings. The van der Waals surface area contributed by atoms with Gasteiger partial charge in [-0.05, 0) is 12.5 Å². The molecule has 1 aliphatic heterocycles. The Labute approximate surface area is 106 Å². The van der Waals surface area contributed by atoms with Crippen molar-refractivity contribution in [2.75, 3.05) is 13.6 Å². The summed E-state index contributed by atoms with van der Waals surface area (Å²) in [5, 5.41) is 9.19. The number of hydrogen-bond donors (Lipinski definition) is 1. The van der Waals surface area contributed by atoms with Crippen molar-refractivity contribution in [3.05, 3.63) is 35.9 Å². The first kappa shape index (κ1) is 12.4. The van der Waals surface area contributed by atoms with Crippen LogP contribution in [0, 0.1) is 0 Å². The molecular formula is C13H16N2O3. The van der Waals surface area contributed by atoms with Crippen molar-refractivity contribution in [1.82, 2.24) is 9.80 Å². The Morgan fingerprint density at radius 3 is 2.56 bits per heavy atom. The first-order chi connectivity index (χ1) is 8.52. The van der Waals surface area contributed by atoms with E-state index >= 15 is 0 Å². The number of carbonyl (C=O) groups excluding carboxylic acids is 1. The molecule has 0 aromatic heterocycles. The van der Waals surface area contributed by atoms with Gasteiger partial charge in [-0.3, -0.25) is 0 Å². The van der Waals surface area contributed by atoms with Crippen LogP contribution in [0.1, 0.15) is 18.5 Å². The van der Waals surface area contributed by atoms with Crippen molar-refractivity contribution in [1.29, 1.82) is 0 Å². The SMILES string of the molecule is CC(c1ccccc1)N1C(=O)N(C)CC1C(=O)O. The number of carboxylic acids is 1. The van der Waals surface area contributed by atoms with E-state index in [1.807, 2.05) is 37.3 Å². The van der Waals surface area contributed by atoms with Gasteiger partial charge in [-0.25, -0.2) is 9.59 Å². The summed E-state index contributed by atoms with van der Waals surface area (Å²) in [6.07, 6.45) is 0. The van der Waals surface area contributed by atoms with Crippen molar-refractivity contribution < 1.29 is 14.7 Å². The summed E-state index contributed by atoms with van der Waals surface area (Å²) >= 11 is 0. The van der Waals surface area contributed by atoms with Gasteiger partial charge in [-0.15, -0.1) is 0 Å². The Balaban J connectivity index is 2.30. The highest BCUT2D eigenvalue weighted by molar-refractivity contribution is 5.86. The molecule has 0 radical (unpaired) electrons. The molecule has 0 spiro atoms. The van der Waals surface area contributed by atoms with Crippen molar-refractivity contribution >= 4 is 12.0 Å². The lowest BCUT2D eigenvalue weighted by molar-refractivity contribution is -0.141. The summed E-state index contributed by atoms with van der Waals surface area (Å²) in [6, 6.07) is 8.19. The number of likely N-dealkylation sites (N-methyl/N-ethyl adjacent to an activating group) is 1. The predicted molar refractivity (Wildman–Crippen MR) is 66.1 cm³/mol. The Morgan fingerprint density at radius 2 is 2.00 bits per heavy atom. The number of nitrogens with zero attached hydrogens (tertiary/aromatic N) is 2. The van der Waals surface area contributed by atoms with Gasteiger partial charge in [-0.2, -0.15) is 0 Å². The zero-order valence-corrected chi connectivity index (χ0v) is 10.4. The molecule has 2 amide bonds. The molecule has 1 fully saturated rings. The molecule has 5 nitrogen and oxygen atoms in total. The Morgan fingerprint density at radius 1 is 1.39 bits per heavy atom. The molecule has 1 saturated heterocycles. The summed E-state index contributed by atoms with van der Waals surface area (Å²) < 4.78 is 0. The highest BCUT2D eigenvalue weighted by atomic mass is 16.4. The van der Waals surface area contributed by atoms with E-state index in [1.165, 1.54) is 9.80 Å². The van der Waals surface area contributed by atoms with Gasteiger partial charge in [0.15, 0.2) is 0 Å². The third-order valence-corrected chi connectivity index (χ3v) is 3.31. The maximum Gasteiger partial charge on any atom is 0.328 e. The summed E-state index contributed by atoms with van der Waals surface area (Å²) in [7, 11) is 1.62. The average molecular weight is 248 g/mol. The van der Waals surface area contributed by atoms with Gasteiger partial charge in [0.1, 0.15) is 6.04 Å². The van der Waals surface area contributed by atoms with Crippen LogP contribution in [-0.4, -0.2) is 46.5 Å². The molecule has 1 aromatic carbocycles. The smallest absolute Gasteiger partial charge is 0.328 e. The maximum absolute atomic E-state index is 12.0. The van der Waals surface area contributed by atoms with Crippen molar-refractivity contribution in [2.45, 2.75) is 19.0 Å².